The Hall–Kier alpha value is -0.220. The van der Waals surface area contributed by atoms with Gasteiger partial charge in [-0.3, -0.25) is 10.1 Å². The molecule has 0 aromatic heterocycles. The normalized spacial score (nSPS) is 29.4. The van der Waals surface area contributed by atoms with E-state index in [1.807, 2.05) is 0 Å². The number of amides is 1. The van der Waals surface area contributed by atoms with Crippen LogP contribution in [0.15, 0.2) is 0 Å². The molecule has 1 aliphatic heterocycles. The Balaban J connectivity index is 1.76. The fourth-order valence-corrected chi connectivity index (χ4v) is 2.88. The maximum absolute atomic E-state index is 11.6. The zero-order valence-electron chi connectivity index (χ0n) is 7.71. The second-order valence-electron chi connectivity index (χ2n) is 3.76. The lowest BCUT2D eigenvalue weighted by molar-refractivity contribution is -0.123. The Kier molecular flexibility index (Phi) is 3.11. The van der Waals surface area contributed by atoms with E-state index in [0.717, 1.165) is 11.6 Å². The first kappa shape index (κ1) is 9.34. The van der Waals surface area contributed by atoms with E-state index in [9.17, 15) is 4.79 Å². The van der Waals surface area contributed by atoms with Crippen molar-refractivity contribution < 1.29 is 4.79 Å². The van der Waals surface area contributed by atoms with Gasteiger partial charge < -0.3 is 5.32 Å². The number of thioether (sulfide) groups is 1. The van der Waals surface area contributed by atoms with Crippen molar-refractivity contribution in [1.82, 2.24) is 10.6 Å². The minimum atomic E-state index is 0.0607. The van der Waals surface area contributed by atoms with E-state index in [-0.39, 0.29) is 11.9 Å². The Morgan fingerprint density at radius 1 is 1.38 bits per heavy atom. The molecule has 1 amide bonds. The maximum Gasteiger partial charge on any atom is 0.238 e. The fourth-order valence-electron chi connectivity index (χ4n) is 1.94. The van der Waals surface area contributed by atoms with Crippen LogP contribution in [0.4, 0.5) is 0 Å². The summed E-state index contributed by atoms with van der Waals surface area (Å²) in [5, 5.41) is 6.29. The van der Waals surface area contributed by atoms with Gasteiger partial charge in [-0.05, 0) is 12.8 Å². The standard InChI is InChI=1S/C9H16N2OS/c12-9(8-5-13-6-10-8)11-7-3-1-2-4-7/h7-8,10H,1-6H2,(H,11,12). The number of hydrogen-bond donors (Lipinski definition) is 2. The van der Waals surface area contributed by atoms with Crippen LogP contribution in [-0.2, 0) is 4.79 Å². The number of carbonyl (C=O) groups is 1. The van der Waals surface area contributed by atoms with Gasteiger partial charge in [-0.1, -0.05) is 12.8 Å². The van der Waals surface area contributed by atoms with Crippen molar-refractivity contribution in [2.75, 3.05) is 11.6 Å². The largest absolute Gasteiger partial charge is 0.352 e. The molecule has 0 radical (unpaired) electrons. The van der Waals surface area contributed by atoms with E-state index in [2.05, 4.69) is 10.6 Å². The summed E-state index contributed by atoms with van der Waals surface area (Å²) < 4.78 is 0. The SMILES string of the molecule is O=C(NC1CCCC1)C1CSCN1. The van der Waals surface area contributed by atoms with Gasteiger partial charge >= 0.3 is 0 Å². The smallest absolute Gasteiger partial charge is 0.238 e. The van der Waals surface area contributed by atoms with Crippen LogP contribution in [0, 0.1) is 0 Å². The molecule has 1 atom stereocenters. The molecule has 1 saturated carbocycles. The predicted molar refractivity (Wildman–Crippen MR) is 54.6 cm³/mol. The predicted octanol–water partition coefficient (Wildman–Crippen LogP) is 0.708. The minimum Gasteiger partial charge on any atom is -0.352 e. The Morgan fingerprint density at radius 2 is 2.15 bits per heavy atom. The van der Waals surface area contributed by atoms with Crippen LogP contribution in [0.2, 0.25) is 0 Å². The third kappa shape index (κ3) is 2.38. The number of nitrogens with one attached hydrogen (secondary N) is 2. The average molecular weight is 200 g/mol. The molecule has 0 aromatic carbocycles. The minimum absolute atomic E-state index is 0.0607. The van der Waals surface area contributed by atoms with Gasteiger partial charge in [0.15, 0.2) is 0 Å². The third-order valence-corrected chi connectivity index (χ3v) is 3.67. The molecule has 13 heavy (non-hydrogen) atoms. The molecule has 4 heteroatoms. The maximum atomic E-state index is 11.6. The molecule has 1 unspecified atom stereocenters. The number of rotatable bonds is 2. The summed E-state index contributed by atoms with van der Waals surface area (Å²) in [5.41, 5.74) is 0. The first-order valence-corrected chi connectivity index (χ1v) is 6.13. The summed E-state index contributed by atoms with van der Waals surface area (Å²) in [7, 11) is 0. The molecule has 0 spiro atoms. The van der Waals surface area contributed by atoms with Crippen molar-refractivity contribution in [3.05, 3.63) is 0 Å². The van der Waals surface area contributed by atoms with Crippen molar-refractivity contribution in [2.24, 2.45) is 0 Å². The van der Waals surface area contributed by atoms with Crippen LogP contribution >= 0.6 is 11.8 Å². The molecule has 1 heterocycles. The van der Waals surface area contributed by atoms with Gasteiger partial charge in [0.1, 0.15) is 0 Å². The van der Waals surface area contributed by atoms with E-state index < -0.39 is 0 Å². The number of hydrogen-bond acceptors (Lipinski definition) is 3. The first-order chi connectivity index (χ1) is 6.36. The Morgan fingerprint density at radius 3 is 2.77 bits per heavy atom. The fraction of sp³-hybridized carbons (Fsp3) is 0.889. The molecule has 1 saturated heterocycles. The summed E-state index contributed by atoms with van der Waals surface area (Å²) in [4.78, 5) is 11.6. The highest BCUT2D eigenvalue weighted by molar-refractivity contribution is 7.99. The van der Waals surface area contributed by atoms with Crippen LogP contribution < -0.4 is 10.6 Å². The lowest BCUT2D eigenvalue weighted by Gasteiger charge is -2.15. The summed E-state index contributed by atoms with van der Waals surface area (Å²) in [6.07, 6.45) is 4.90. The van der Waals surface area contributed by atoms with Gasteiger partial charge in [0.25, 0.3) is 0 Å². The lowest BCUT2D eigenvalue weighted by Crippen LogP contribution is -2.45. The van der Waals surface area contributed by atoms with Crippen molar-refractivity contribution in [1.29, 1.82) is 0 Å². The van der Waals surface area contributed by atoms with Crippen molar-refractivity contribution in [3.63, 3.8) is 0 Å². The molecular weight excluding hydrogens is 184 g/mol. The summed E-state index contributed by atoms with van der Waals surface area (Å²) in [6.45, 7) is 0. The van der Waals surface area contributed by atoms with E-state index in [1.165, 1.54) is 25.7 Å². The van der Waals surface area contributed by atoms with Gasteiger partial charge in [0, 0.05) is 17.7 Å². The number of carbonyl (C=O) groups excluding carboxylic acids is 1. The topological polar surface area (TPSA) is 41.1 Å². The molecule has 3 nitrogen and oxygen atoms in total. The molecule has 2 aliphatic rings. The molecule has 2 N–H and O–H groups in total. The summed E-state index contributed by atoms with van der Waals surface area (Å²) >= 11 is 1.80. The van der Waals surface area contributed by atoms with Crippen LogP contribution in [0.1, 0.15) is 25.7 Å². The Bertz CT molecular complexity index is 186. The van der Waals surface area contributed by atoms with Crippen molar-refractivity contribution >= 4 is 17.7 Å². The van der Waals surface area contributed by atoms with Gasteiger partial charge in [-0.2, -0.15) is 0 Å². The van der Waals surface area contributed by atoms with Crippen molar-refractivity contribution in [2.45, 2.75) is 37.8 Å². The van der Waals surface area contributed by atoms with Gasteiger partial charge in [0.2, 0.25) is 5.91 Å². The van der Waals surface area contributed by atoms with Gasteiger partial charge in [0.05, 0.1) is 6.04 Å². The van der Waals surface area contributed by atoms with E-state index in [1.54, 1.807) is 11.8 Å². The average Bonchev–Trinajstić information content (AvgIpc) is 2.74. The molecule has 2 fully saturated rings. The molecule has 74 valence electrons. The lowest BCUT2D eigenvalue weighted by atomic mass is 10.2. The highest BCUT2D eigenvalue weighted by Crippen LogP contribution is 2.18. The van der Waals surface area contributed by atoms with Crippen LogP contribution in [0.5, 0.6) is 0 Å². The highest BCUT2D eigenvalue weighted by atomic mass is 32.2. The summed E-state index contributed by atoms with van der Waals surface area (Å²) in [6, 6.07) is 0.519. The van der Waals surface area contributed by atoms with E-state index in [4.69, 9.17) is 0 Å². The monoisotopic (exact) mass is 200 g/mol. The quantitative estimate of drug-likeness (QED) is 0.689. The molecule has 0 aromatic rings. The zero-order chi connectivity index (χ0) is 9.10. The molecular formula is C9H16N2OS. The second kappa shape index (κ2) is 4.33. The highest BCUT2D eigenvalue weighted by Gasteiger charge is 2.25. The van der Waals surface area contributed by atoms with Crippen LogP contribution in [-0.4, -0.2) is 29.6 Å². The molecule has 0 bridgehead atoms. The second-order valence-corrected chi connectivity index (χ2v) is 4.79. The third-order valence-electron chi connectivity index (χ3n) is 2.73. The van der Waals surface area contributed by atoms with E-state index in [0.29, 0.717) is 6.04 Å². The first-order valence-electron chi connectivity index (χ1n) is 4.98. The Labute approximate surface area is 83.0 Å². The molecule has 2 rings (SSSR count). The van der Waals surface area contributed by atoms with Crippen molar-refractivity contribution in [3.8, 4) is 0 Å². The van der Waals surface area contributed by atoms with Crippen LogP contribution in [0.25, 0.3) is 0 Å². The van der Waals surface area contributed by atoms with Gasteiger partial charge in [-0.15, -0.1) is 11.8 Å². The molecule has 1 aliphatic carbocycles. The van der Waals surface area contributed by atoms with Crippen LogP contribution in [0.3, 0.4) is 0 Å². The van der Waals surface area contributed by atoms with E-state index >= 15 is 0 Å². The zero-order valence-corrected chi connectivity index (χ0v) is 8.53. The summed E-state index contributed by atoms with van der Waals surface area (Å²) in [5.74, 6) is 2.05. The van der Waals surface area contributed by atoms with Gasteiger partial charge in [-0.25, -0.2) is 0 Å².